The third-order valence-corrected chi connectivity index (χ3v) is 1.93. The van der Waals surface area contributed by atoms with Gasteiger partial charge in [-0.25, -0.2) is 0 Å². The molecule has 0 atom stereocenters. The van der Waals surface area contributed by atoms with Crippen LogP contribution in [0.2, 0.25) is 0 Å². The van der Waals surface area contributed by atoms with Crippen molar-refractivity contribution >= 4 is 17.8 Å². The van der Waals surface area contributed by atoms with Crippen molar-refractivity contribution in [2.45, 2.75) is 19.8 Å². The monoisotopic (exact) mass is 240 g/mol. The molecular weight excluding hydrogens is 224 g/mol. The van der Waals surface area contributed by atoms with Gasteiger partial charge in [-0.2, -0.15) is 4.98 Å². The van der Waals surface area contributed by atoms with Crippen LogP contribution in [0.4, 0.5) is 5.95 Å². The van der Waals surface area contributed by atoms with Crippen molar-refractivity contribution in [3.05, 3.63) is 5.82 Å². The molecule has 0 spiro atoms. The standard InChI is InChI=1S/C9H16N6O2/c1-2-4-11-6(16)3-5-12-8(17)7-13-9(10)15-14-7/h2-5H2,1H3,(H,11,16)(H,12,17)(H3,10,13,14,15). The largest absolute Gasteiger partial charge is 0.366 e. The second-order valence-corrected chi connectivity index (χ2v) is 3.40. The lowest BCUT2D eigenvalue weighted by atomic mass is 10.3. The summed E-state index contributed by atoms with van der Waals surface area (Å²) in [6, 6.07) is 0. The van der Waals surface area contributed by atoms with E-state index in [9.17, 15) is 9.59 Å². The molecule has 0 saturated heterocycles. The minimum atomic E-state index is -0.433. The average molecular weight is 240 g/mol. The van der Waals surface area contributed by atoms with E-state index in [2.05, 4.69) is 25.8 Å². The van der Waals surface area contributed by atoms with E-state index in [1.54, 1.807) is 0 Å². The topological polar surface area (TPSA) is 126 Å². The minimum absolute atomic E-state index is 0.0100. The van der Waals surface area contributed by atoms with Gasteiger partial charge in [0.15, 0.2) is 0 Å². The van der Waals surface area contributed by atoms with Crippen molar-refractivity contribution < 1.29 is 9.59 Å². The van der Waals surface area contributed by atoms with Crippen molar-refractivity contribution in [3.63, 3.8) is 0 Å². The molecule has 0 aliphatic carbocycles. The number of carbonyl (C=O) groups excluding carboxylic acids is 2. The smallest absolute Gasteiger partial charge is 0.288 e. The predicted octanol–water partition coefficient (Wildman–Crippen LogP) is -0.967. The van der Waals surface area contributed by atoms with Crippen LogP contribution in [-0.4, -0.2) is 40.1 Å². The van der Waals surface area contributed by atoms with E-state index in [0.29, 0.717) is 6.54 Å². The molecule has 1 aromatic heterocycles. The molecule has 0 saturated carbocycles. The summed E-state index contributed by atoms with van der Waals surface area (Å²) in [7, 11) is 0. The number of nitrogen functional groups attached to an aromatic ring is 1. The van der Waals surface area contributed by atoms with E-state index in [0.717, 1.165) is 6.42 Å². The summed E-state index contributed by atoms with van der Waals surface area (Å²) in [6.45, 7) is 2.86. The van der Waals surface area contributed by atoms with Gasteiger partial charge in [0.25, 0.3) is 5.91 Å². The molecular formula is C9H16N6O2. The molecule has 0 aliphatic heterocycles. The number of anilines is 1. The number of H-pyrrole nitrogens is 1. The van der Waals surface area contributed by atoms with Gasteiger partial charge in [-0.05, 0) is 6.42 Å². The van der Waals surface area contributed by atoms with Gasteiger partial charge in [-0.3, -0.25) is 14.7 Å². The Kier molecular flexibility index (Phi) is 4.92. The Hall–Kier alpha value is -2.12. The lowest BCUT2D eigenvalue weighted by Crippen LogP contribution is -2.31. The normalized spacial score (nSPS) is 9.94. The molecule has 0 aromatic carbocycles. The highest BCUT2D eigenvalue weighted by molar-refractivity contribution is 5.90. The Morgan fingerprint density at radius 2 is 2.12 bits per heavy atom. The van der Waals surface area contributed by atoms with Crippen LogP contribution in [0.15, 0.2) is 0 Å². The minimum Gasteiger partial charge on any atom is -0.366 e. The molecule has 0 bridgehead atoms. The summed E-state index contributed by atoms with van der Waals surface area (Å²) in [6.07, 6.45) is 1.12. The van der Waals surface area contributed by atoms with Crippen molar-refractivity contribution in [1.82, 2.24) is 25.8 Å². The fourth-order valence-electron chi connectivity index (χ4n) is 1.10. The molecule has 0 aliphatic rings. The highest BCUT2D eigenvalue weighted by Gasteiger charge is 2.10. The van der Waals surface area contributed by atoms with E-state index in [1.165, 1.54) is 0 Å². The van der Waals surface area contributed by atoms with Crippen LogP contribution in [0.3, 0.4) is 0 Å². The highest BCUT2D eigenvalue weighted by Crippen LogP contribution is 1.92. The first-order valence-corrected chi connectivity index (χ1v) is 5.36. The van der Waals surface area contributed by atoms with Gasteiger partial charge in [-0.1, -0.05) is 6.92 Å². The van der Waals surface area contributed by atoms with E-state index >= 15 is 0 Å². The molecule has 5 N–H and O–H groups in total. The molecule has 1 rings (SSSR count). The van der Waals surface area contributed by atoms with E-state index in [4.69, 9.17) is 5.73 Å². The summed E-state index contributed by atoms with van der Waals surface area (Å²) in [5, 5.41) is 11.1. The van der Waals surface area contributed by atoms with Gasteiger partial charge in [0.05, 0.1) is 0 Å². The zero-order valence-electron chi connectivity index (χ0n) is 9.62. The number of nitrogens with two attached hydrogens (primary N) is 1. The Bertz CT molecular complexity index is 389. The second kappa shape index (κ2) is 6.46. The number of nitrogens with one attached hydrogen (secondary N) is 3. The number of amides is 2. The third-order valence-electron chi connectivity index (χ3n) is 1.93. The molecule has 1 aromatic rings. The Balaban J connectivity index is 2.23. The van der Waals surface area contributed by atoms with Gasteiger partial charge < -0.3 is 16.4 Å². The zero-order valence-corrected chi connectivity index (χ0v) is 9.62. The number of aromatic nitrogens is 3. The summed E-state index contributed by atoms with van der Waals surface area (Å²) in [4.78, 5) is 26.3. The average Bonchev–Trinajstić information content (AvgIpc) is 2.73. The molecule has 8 heteroatoms. The Morgan fingerprint density at radius 1 is 1.35 bits per heavy atom. The lowest BCUT2D eigenvalue weighted by molar-refractivity contribution is -0.120. The lowest BCUT2D eigenvalue weighted by Gasteiger charge is -2.04. The molecule has 2 amide bonds. The predicted molar refractivity (Wildman–Crippen MR) is 61.0 cm³/mol. The first kappa shape index (κ1) is 12.9. The summed E-state index contributed by atoms with van der Waals surface area (Å²) >= 11 is 0. The van der Waals surface area contributed by atoms with Crippen LogP contribution in [0.25, 0.3) is 0 Å². The van der Waals surface area contributed by atoms with Gasteiger partial charge in [-0.15, -0.1) is 5.10 Å². The van der Waals surface area contributed by atoms with Crippen molar-refractivity contribution in [2.24, 2.45) is 0 Å². The molecule has 17 heavy (non-hydrogen) atoms. The number of hydrogen-bond donors (Lipinski definition) is 4. The summed E-state index contributed by atoms with van der Waals surface area (Å²) in [5.41, 5.74) is 5.25. The molecule has 0 fully saturated rings. The highest BCUT2D eigenvalue weighted by atomic mass is 16.2. The van der Waals surface area contributed by atoms with Gasteiger partial charge >= 0.3 is 0 Å². The zero-order chi connectivity index (χ0) is 12.7. The van der Waals surface area contributed by atoms with Gasteiger partial charge in [0.2, 0.25) is 17.7 Å². The molecule has 8 nitrogen and oxygen atoms in total. The van der Waals surface area contributed by atoms with Crippen LogP contribution in [0.1, 0.15) is 30.4 Å². The van der Waals surface area contributed by atoms with Crippen LogP contribution in [0.5, 0.6) is 0 Å². The maximum Gasteiger partial charge on any atom is 0.288 e. The van der Waals surface area contributed by atoms with Crippen LogP contribution < -0.4 is 16.4 Å². The summed E-state index contributed by atoms with van der Waals surface area (Å²) < 4.78 is 0. The fraction of sp³-hybridized carbons (Fsp3) is 0.556. The quantitative estimate of drug-likeness (QED) is 0.509. The number of rotatable bonds is 6. The first-order valence-electron chi connectivity index (χ1n) is 5.36. The molecule has 0 radical (unpaired) electrons. The molecule has 94 valence electrons. The molecule has 0 unspecified atom stereocenters. The summed E-state index contributed by atoms with van der Waals surface area (Å²) in [5.74, 6) is -0.478. The first-order chi connectivity index (χ1) is 8.13. The Labute approximate surface area is 98.4 Å². The van der Waals surface area contributed by atoms with E-state index in [-0.39, 0.29) is 30.6 Å². The number of aromatic amines is 1. The van der Waals surface area contributed by atoms with Gasteiger partial charge in [0, 0.05) is 19.5 Å². The van der Waals surface area contributed by atoms with Crippen molar-refractivity contribution in [2.75, 3.05) is 18.8 Å². The SMILES string of the molecule is CCCNC(=O)CCNC(=O)c1nc(N)n[nH]1. The molecule has 1 heterocycles. The Morgan fingerprint density at radius 3 is 2.71 bits per heavy atom. The number of hydrogen-bond acceptors (Lipinski definition) is 5. The third kappa shape index (κ3) is 4.49. The second-order valence-electron chi connectivity index (χ2n) is 3.40. The van der Waals surface area contributed by atoms with Crippen molar-refractivity contribution in [3.8, 4) is 0 Å². The maximum absolute atomic E-state index is 11.4. The van der Waals surface area contributed by atoms with Gasteiger partial charge in [0.1, 0.15) is 0 Å². The number of carbonyl (C=O) groups is 2. The van der Waals surface area contributed by atoms with Crippen LogP contribution in [-0.2, 0) is 4.79 Å². The van der Waals surface area contributed by atoms with Crippen LogP contribution >= 0.6 is 0 Å². The van der Waals surface area contributed by atoms with E-state index in [1.807, 2.05) is 6.92 Å². The van der Waals surface area contributed by atoms with Crippen molar-refractivity contribution in [1.29, 1.82) is 0 Å². The number of nitrogens with zero attached hydrogens (tertiary/aromatic N) is 2. The van der Waals surface area contributed by atoms with E-state index < -0.39 is 5.91 Å². The fourth-order valence-corrected chi connectivity index (χ4v) is 1.10. The van der Waals surface area contributed by atoms with Crippen LogP contribution in [0, 0.1) is 0 Å². The maximum atomic E-state index is 11.4.